The van der Waals surface area contributed by atoms with Crippen LogP contribution in [-0.4, -0.2) is 0 Å². The van der Waals surface area contributed by atoms with E-state index in [1.807, 2.05) is 0 Å². The first-order valence-electron chi connectivity index (χ1n) is 5.66. The molecule has 0 aliphatic heterocycles. The first kappa shape index (κ1) is 10.8. The number of rotatable bonds is 1. The highest BCUT2D eigenvalue weighted by atomic mass is 14.3. The Bertz CT molecular complexity index is 161. The third kappa shape index (κ3) is 3.17. The van der Waals surface area contributed by atoms with Crippen molar-refractivity contribution in [3.05, 3.63) is 12.7 Å². The molecule has 1 aliphatic rings. The van der Waals surface area contributed by atoms with Gasteiger partial charge < -0.3 is 0 Å². The van der Waals surface area contributed by atoms with Gasteiger partial charge in [-0.25, -0.2) is 0 Å². The average Bonchev–Trinajstić information content (AvgIpc) is 2.27. The van der Waals surface area contributed by atoms with Crippen LogP contribution in [0.25, 0.3) is 0 Å². The molecule has 0 nitrogen and oxygen atoms in total. The molecule has 0 spiro atoms. The molecular weight excluding hydrogens is 156 g/mol. The lowest BCUT2D eigenvalue weighted by atomic mass is 9.75. The normalized spacial score (nSPS) is 31.0. The highest BCUT2D eigenvalue weighted by Gasteiger charge is 2.27. The van der Waals surface area contributed by atoms with E-state index in [0.717, 1.165) is 11.8 Å². The maximum atomic E-state index is 3.94. The zero-order chi connectivity index (χ0) is 9.90. The molecular formula is C13H24. The predicted molar refractivity (Wildman–Crippen MR) is 59.7 cm³/mol. The van der Waals surface area contributed by atoms with Crippen molar-refractivity contribution in [2.24, 2.45) is 17.3 Å². The van der Waals surface area contributed by atoms with Gasteiger partial charge in [-0.1, -0.05) is 39.7 Å². The quantitative estimate of drug-likeness (QED) is 0.414. The maximum Gasteiger partial charge on any atom is -0.0233 e. The van der Waals surface area contributed by atoms with Gasteiger partial charge in [-0.05, 0) is 36.5 Å². The zero-order valence-corrected chi connectivity index (χ0v) is 9.47. The fourth-order valence-electron chi connectivity index (χ4n) is 2.40. The standard InChI is InChI=1S/C13H24/c1-5-11-8-6-7-9-12(10-11)13(2,3)4/h5,11-12H,1,6-10H2,2-4H3. The Morgan fingerprint density at radius 1 is 1.15 bits per heavy atom. The lowest BCUT2D eigenvalue weighted by Gasteiger charge is -2.31. The van der Waals surface area contributed by atoms with E-state index in [1.165, 1.54) is 32.1 Å². The first-order valence-corrected chi connectivity index (χ1v) is 5.66. The molecule has 0 bridgehead atoms. The van der Waals surface area contributed by atoms with Gasteiger partial charge in [0.1, 0.15) is 0 Å². The van der Waals surface area contributed by atoms with Crippen LogP contribution in [0.2, 0.25) is 0 Å². The molecule has 0 aromatic heterocycles. The van der Waals surface area contributed by atoms with Crippen molar-refractivity contribution in [1.82, 2.24) is 0 Å². The van der Waals surface area contributed by atoms with Gasteiger partial charge in [0.05, 0.1) is 0 Å². The number of hydrogen-bond donors (Lipinski definition) is 0. The monoisotopic (exact) mass is 180 g/mol. The van der Waals surface area contributed by atoms with Crippen LogP contribution in [0.5, 0.6) is 0 Å². The first-order chi connectivity index (χ1) is 6.04. The Labute approximate surface area is 83.4 Å². The summed E-state index contributed by atoms with van der Waals surface area (Å²) in [5.74, 6) is 1.68. The molecule has 2 unspecified atom stereocenters. The Morgan fingerprint density at radius 3 is 2.31 bits per heavy atom. The Balaban J connectivity index is 2.59. The molecule has 1 aliphatic carbocycles. The van der Waals surface area contributed by atoms with Gasteiger partial charge in [0, 0.05) is 0 Å². The smallest absolute Gasteiger partial charge is 0.0233 e. The highest BCUT2D eigenvalue weighted by Crippen LogP contribution is 2.39. The summed E-state index contributed by atoms with van der Waals surface area (Å²) < 4.78 is 0. The SMILES string of the molecule is C=CC1CCCCC(C(C)(C)C)C1. The summed E-state index contributed by atoms with van der Waals surface area (Å²) in [4.78, 5) is 0. The molecule has 2 atom stereocenters. The highest BCUT2D eigenvalue weighted by molar-refractivity contribution is 4.87. The van der Waals surface area contributed by atoms with Crippen molar-refractivity contribution in [1.29, 1.82) is 0 Å². The molecule has 0 aromatic rings. The van der Waals surface area contributed by atoms with Gasteiger partial charge in [0.2, 0.25) is 0 Å². The second-order valence-electron chi connectivity index (χ2n) is 5.58. The van der Waals surface area contributed by atoms with E-state index < -0.39 is 0 Å². The van der Waals surface area contributed by atoms with E-state index >= 15 is 0 Å². The van der Waals surface area contributed by atoms with E-state index in [-0.39, 0.29) is 0 Å². The fourth-order valence-corrected chi connectivity index (χ4v) is 2.40. The van der Waals surface area contributed by atoms with Crippen LogP contribution < -0.4 is 0 Å². The lowest BCUT2D eigenvalue weighted by molar-refractivity contribution is 0.203. The van der Waals surface area contributed by atoms with Crippen molar-refractivity contribution in [3.63, 3.8) is 0 Å². The molecule has 76 valence electrons. The van der Waals surface area contributed by atoms with Crippen molar-refractivity contribution < 1.29 is 0 Å². The van der Waals surface area contributed by atoms with E-state index in [2.05, 4.69) is 33.4 Å². The van der Waals surface area contributed by atoms with Crippen LogP contribution in [0, 0.1) is 17.3 Å². The summed E-state index contributed by atoms with van der Waals surface area (Å²) in [6.07, 6.45) is 9.16. The Hall–Kier alpha value is -0.260. The summed E-state index contributed by atoms with van der Waals surface area (Å²) in [6, 6.07) is 0. The van der Waals surface area contributed by atoms with Crippen LogP contribution in [0.3, 0.4) is 0 Å². The van der Waals surface area contributed by atoms with Gasteiger partial charge in [-0.3, -0.25) is 0 Å². The largest absolute Gasteiger partial charge is 0.103 e. The van der Waals surface area contributed by atoms with Crippen molar-refractivity contribution in [3.8, 4) is 0 Å². The number of hydrogen-bond acceptors (Lipinski definition) is 0. The van der Waals surface area contributed by atoms with Crippen LogP contribution in [-0.2, 0) is 0 Å². The minimum absolute atomic E-state index is 0.492. The van der Waals surface area contributed by atoms with Crippen LogP contribution in [0.4, 0.5) is 0 Å². The van der Waals surface area contributed by atoms with E-state index in [1.54, 1.807) is 0 Å². The minimum Gasteiger partial charge on any atom is -0.103 e. The van der Waals surface area contributed by atoms with E-state index in [0.29, 0.717) is 5.41 Å². The predicted octanol–water partition coefficient (Wildman–Crippen LogP) is 4.42. The van der Waals surface area contributed by atoms with Crippen molar-refractivity contribution in [2.45, 2.75) is 52.9 Å². The van der Waals surface area contributed by atoms with Crippen LogP contribution in [0.1, 0.15) is 52.9 Å². The summed E-state index contributed by atoms with van der Waals surface area (Å²) in [5.41, 5.74) is 0.492. The number of allylic oxidation sites excluding steroid dienone is 1. The lowest BCUT2D eigenvalue weighted by Crippen LogP contribution is -2.21. The molecule has 0 aromatic carbocycles. The molecule has 0 radical (unpaired) electrons. The van der Waals surface area contributed by atoms with E-state index in [9.17, 15) is 0 Å². The summed E-state index contributed by atoms with van der Waals surface area (Å²) in [6.45, 7) is 11.1. The topological polar surface area (TPSA) is 0 Å². The summed E-state index contributed by atoms with van der Waals surface area (Å²) in [7, 11) is 0. The summed E-state index contributed by atoms with van der Waals surface area (Å²) >= 11 is 0. The molecule has 1 saturated carbocycles. The van der Waals surface area contributed by atoms with Gasteiger partial charge in [0.25, 0.3) is 0 Å². The third-order valence-corrected chi connectivity index (χ3v) is 3.52. The maximum absolute atomic E-state index is 3.94. The van der Waals surface area contributed by atoms with Gasteiger partial charge in [0.15, 0.2) is 0 Å². The Morgan fingerprint density at radius 2 is 1.77 bits per heavy atom. The van der Waals surface area contributed by atoms with Gasteiger partial charge in [-0.15, -0.1) is 6.58 Å². The second kappa shape index (κ2) is 4.30. The molecule has 0 N–H and O–H groups in total. The minimum atomic E-state index is 0.492. The molecule has 0 saturated heterocycles. The van der Waals surface area contributed by atoms with Gasteiger partial charge in [-0.2, -0.15) is 0 Å². The fraction of sp³-hybridized carbons (Fsp3) is 0.846. The average molecular weight is 180 g/mol. The second-order valence-corrected chi connectivity index (χ2v) is 5.58. The van der Waals surface area contributed by atoms with Crippen LogP contribution >= 0.6 is 0 Å². The van der Waals surface area contributed by atoms with Crippen LogP contribution in [0.15, 0.2) is 12.7 Å². The molecule has 13 heavy (non-hydrogen) atoms. The Kier molecular flexibility index (Phi) is 3.58. The van der Waals surface area contributed by atoms with Gasteiger partial charge >= 0.3 is 0 Å². The van der Waals surface area contributed by atoms with Crippen molar-refractivity contribution >= 4 is 0 Å². The van der Waals surface area contributed by atoms with Crippen molar-refractivity contribution in [2.75, 3.05) is 0 Å². The molecule has 1 fully saturated rings. The zero-order valence-electron chi connectivity index (χ0n) is 9.47. The molecule has 0 amide bonds. The molecule has 0 heteroatoms. The van der Waals surface area contributed by atoms with E-state index in [4.69, 9.17) is 0 Å². The molecule has 1 rings (SSSR count). The third-order valence-electron chi connectivity index (χ3n) is 3.52. The molecule has 0 heterocycles. The summed E-state index contributed by atoms with van der Waals surface area (Å²) in [5, 5.41) is 0.